The van der Waals surface area contributed by atoms with Gasteiger partial charge in [-0.15, -0.1) is 0 Å². The van der Waals surface area contributed by atoms with Crippen LogP contribution in [0.3, 0.4) is 0 Å². The van der Waals surface area contributed by atoms with Crippen molar-refractivity contribution in [3.05, 3.63) is 24.3 Å². The Morgan fingerprint density at radius 1 is 0.543 bits per heavy atom. The van der Waals surface area contributed by atoms with Crippen molar-refractivity contribution in [2.75, 3.05) is 0 Å². The molecule has 4 nitrogen and oxygen atoms in total. The zero-order valence-electron chi connectivity index (χ0n) is 31.5. The highest BCUT2D eigenvalue weighted by Crippen LogP contribution is 2.18. The zero-order valence-corrected chi connectivity index (χ0v) is 31.5. The van der Waals surface area contributed by atoms with E-state index in [1.807, 2.05) is 6.08 Å². The van der Waals surface area contributed by atoms with Gasteiger partial charge in [-0.05, 0) is 51.4 Å². The Hall–Kier alpha value is -1.58. The van der Waals surface area contributed by atoms with Crippen LogP contribution in [0.15, 0.2) is 24.3 Å². The molecule has 0 aliphatic carbocycles. The van der Waals surface area contributed by atoms with Crippen molar-refractivity contribution in [1.82, 2.24) is 0 Å². The van der Waals surface area contributed by atoms with Crippen molar-refractivity contribution in [2.45, 2.75) is 233 Å². The first kappa shape index (κ1) is 46.5. The SMILES string of the molecule is C=CC(=O)OC(CCCCCCCC)CCCCCCCCC.CCCCCCCCC=C(CCCCCCCCCC)C(=O)O. The van der Waals surface area contributed by atoms with E-state index in [0.717, 1.165) is 38.5 Å². The minimum Gasteiger partial charge on any atom is -0.478 e. The summed E-state index contributed by atoms with van der Waals surface area (Å²) in [6, 6.07) is 0. The van der Waals surface area contributed by atoms with E-state index < -0.39 is 5.97 Å². The third kappa shape index (κ3) is 36.9. The number of carbonyl (C=O) groups is 2. The Balaban J connectivity index is 0. The molecule has 0 spiro atoms. The Bertz CT molecular complexity index is 683. The first-order chi connectivity index (χ1) is 22.5. The second kappa shape index (κ2) is 39.6. The molecule has 0 aliphatic heterocycles. The highest BCUT2D eigenvalue weighted by molar-refractivity contribution is 5.86. The van der Waals surface area contributed by atoms with Gasteiger partial charge in [0.25, 0.3) is 0 Å². The first-order valence-electron chi connectivity index (χ1n) is 20.2. The van der Waals surface area contributed by atoms with Gasteiger partial charge in [-0.3, -0.25) is 0 Å². The smallest absolute Gasteiger partial charge is 0.331 e. The lowest BCUT2D eigenvalue weighted by Crippen LogP contribution is -2.16. The van der Waals surface area contributed by atoms with Crippen molar-refractivity contribution in [2.24, 2.45) is 0 Å². The molecule has 46 heavy (non-hydrogen) atoms. The molecule has 4 heteroatoms. The summed E-state index contributed by atoms with van der Waals surface area (Å²) in [6.07, 6.45) is 41.7. The molecule has 0 saturated carbocycles. The topological polar surface area (TPSA) is 63.6 Å². The fraction of sp³-hybridized carbons (Fsp3) is 0.857. The van der Waals surface area contributed by atoms with Crippen LogP contribution < -0.4 is 0 Å². The van der Waals surface area contributed by atoms with Gasteiger partial charge in [0.1, 0.15) is 6.10 Å². The maximum Gasteiger partial charge on any atom is 0.331 e. The molecule has 0 aromatic rings. The molecule has 0 heterocycles. The summed E-state index contributed by atoms with van der Waals surface area (Å²) in [4.78, 5) is 22.7. The normalized spacial score (nSPS) is 12.0. The number of esters is 1. The second-order valence-corrected chi connectivity index (χ2v) is 13.5. The van der Waals surface area contributed by atoms with Crippen molar-refractivity contribution in [3.8, 4) is 0 Å². The fourth-order valence-corrected chi connectivity index (χ4v) is 5.90. The number of ether oxygens (including phenoxy) is 1. The molecule has 272 valence electrons. The van der Waals surface area contributed by atoms with Crippen LogP contribution in [0.5, 0.6) is 0 Å². The highest BCUT2D eigenvalue weighted by Gasteiger charge is 2.12. The van der Waals surface area contributed by atoms with Crippen LogP contribution >= 0.6 is 0 Å². The van der Waals surface area contributed by atoms with Crippen LogP contribution in [0.1, 0.15) is 227 Å². The molecule has 0 aromatic heterocycles. The van der Waals surface area contributed by atoms with Crippen molar-refractivity contribution >= 4 is 11.9 Å². The highest BCUT2D eigenvalue weighted by atomic mass is 16.5. The fourth-order valence-electron chi connectivity index (χ4n) is 5.90. The summed E-state index contributed by atoms with van der Waals surface area (Å²) in [5.74, 6) is -0.970. The molecule has 1 N–H and O–H groups in total. The average molecular weight is 649 g/mol. The summed E-state index contributed by atoms with van der Waals surface area (Å²) in [6.45, 7) is 12.5. The van der Waals surface area contributed by atoms with Gasteiger partial charge in [0.2, 0.25) is 0 Å². The second-order valence-electron chi connectivity index (χ2n) is 13.5. The number of hydrogen-bond acceptors (Lipinski definition) is 3. The van der Waals surface area contributed by atoms with E-state index in [1.54, 1.807) is 0 Å². The van der Waals surface area contributed by atoms with E-state index in [1.165, 1.54) is 167 Å². The van der Waals surface area contributed by atoms with E-state index in [4.69, 9.17) is 4.74 Å². The summed E-state index contributed by atoms with van der Waals surface area (Å²) in [5.41, 5.74) is 0.643. The number of hydrogen-bond donors (Lipinski definition) is 1. The van der Waals surface area contributed by atoms with Crippen molar-refractivity contribution < 1.29 is 19.4 Å². The molecule has 0 aromatic carbocycles. The van der Waals surface area contributed by atoms with E-state index in [2.05, 4.69) is 34.3 Å². The van der Waals surface area contributed by atoms with Gasteiger partial charge in [0.15, 0.2) is 0 Å². The molecule has 0 aliphatic rings. The predicted octanol–water partition coefficient (Wildman–Crippen LogP) is 14.3. The lowest BCUT2D eigenvalue weighted by Gasteiger charge is -2.17. The van der Waals surface area contributed by atoms with E-state index >= 15 is 0 Å². The van der Waals surface area contributed by atoms with Crippen LogP contribution in [0.25, 0.3) is 0 Å². The van der Waals surface area contributed by atoms with Crippen LogP contribution in [0.2, 0.25) is 0 Å². The maximum absolute atomic E-state index is 11.5. The third-order valence-corrected chi connectivity index (χ3v) is 8.98. The minimum atomic E-state index is -0.709. The predicted molar refractivity (Wildman–Crippen MR) is 202 cm³/mol. The lowest BCUT2D eigenvalue weighted by molar-refractivity contribution is -0.143. The molecule has 1 atom stereocenters. The van der Waals surface area contributed by atoms with Gasteiger partial charge in [0.05, 0.1) is 0 Å². The number of aliphatic carboxylic acids is 1. The molecular weight excluding hydrogens is 568 g/mol. The average Bonchev–Trinajstić information content (AvgIpc) is 3.05. The van der Waals surface area contributed by atoms with Gasteiger partial charge in [-0.1, -0.05) is 188 Å². The number of carboxylic acids is 1. The maximum atomic E-state index is 11.5. The number of allylic oxidation sites excluding steroid dienone is 1. The van der Waals surface area contributed by atoms with Crippen LogP contribution in [-0.4, -0.2) is 23.1 Å². The summed E-state index contributed by atoms with van der Waals surface area (Å²) < 4.78 is 5.52. The van der Waals surface area contributed by atoms with Gasteiger partial charge >= 0.3 is 11.9 Å². The van der Waals surface area contributed by atoms with Crippen LogP contribution in [0, 0.1) is 0 Å². The third-order valence-electron chi connectivity index (χ3n) is 8.98. The first-order valence-corrected chi connectivity index (χ1v) is 20.2. The molecule has 0 radical (unpaired) electrons. The minimum absolute atomic E-state index is 0.0994. The summed E-state index contributed by atoms with van der Waals surface area (Å²) >= 11 is 0. The number of unbranched alkanes of at least 4 members (excludes halogenated alkanes) is 24. The largest absolute Gasteiger partial charge is 0.478 e. The molecule has 0 amide bonds. The molecule has 1 unspecified atom stereocenters. The van der Waals surface area contributed by atoms with Crippen LogP contribution in [0.4, 0.5) is 0 Å². The quantitative estimate of drug-likeness (QED) is 0.0428. The molecular formula is C42H80O4. The Morgan fingerprint density at radius 2 is 0.891 bits per heavy atom. The Morgan fingerprint density at radius 3 is 1.26 bits per heavy atom. The number of carbonyl (C=O) groups excluding carboxylic acids is 1. The summed E-state index contributed by atoms with van der Waals surface area (Å²) in [5, 5.41) is 9.28. The van der Waals surface area contributed by atoms with Gasteiger partial charge in [0, 0.05) is 11.6 Å². The summed E-state index contributed by atoms with van der Waals surface area (Å²) in [7, 11) is 0. The monoisotopic (exact) mass is 649 g/mol. The Labute approximate surface area is 288 Å². The van der Waals surface area contributed by atoms with Gasteiger partial charge in [-0.25, -0.2) is 9.59 Å². The standard InChI is InChI=1S/2C21H40O2/c1-4-7-9-11-13-15-17-19-20(23-21(22)6-3)18-16-14-12-10-8-5-2;1-3-5-7-9-11-13-15-17-19-20(21(22)23)18-16-14-12-10-8-6-4-2/h6,20H,3-5,7-19H2,1-2H3;18H,3-17,19H2,1-2H3,(H,22,23). The number of rotatable bonds is 34. The molecule has 0 rings (SSSR count). The van der Waals surface area contributed by atoms with E-state index in [0.29, 0.717) is 5.57 Å². The van der Waals surface area contributed by atoms with E-state index in [9.17, 15) is 14.7 Å². The molecule has 0 bridgehead atoms. The van der Waals surface area contributed by atoms with E-state index in [-0.39, 0.29) is 12.1 Å². The zero-order chi connectivity index (χ0) is 34.4. The van der Waals surface area contributed by atoms with Crippen molar-refractivity contribution in [3.63, 3.8) is 0 Å². The van der Waals surface area contributed by atoms with Crippen molar-refractivity contribution in [1.29, 1.82) is 0 Å². The number of carboxylic acid groups (broad SMARTS) is 1. The lowest BCUT2D eigenvalue weighted by atomic mass is 10.0. The Kier molecular flexibility index (Phi) is 40.1. The molecule has 0 fully saturated rings. The van der Waals surface area contributed by atoms with Crippen LogP contribution in [-0.2, 0) is 14.3 Å². The van der Waals surface area contributed by atoms with Gasteiger partial charge < -0.3 is 9.84 Å². The van der Waals surface area contributed by atoms with Gasteiger partial charge in [-0.2, -0.15) is 0 Å². The molecule has 0 saturated heterocycles.